The summed E-state index contributed by atoms with van der Waals surface area (Å²) >= 11 is 3.38. The number of rotatable bonds is 4. The Labute approximate surface area is 139 Å². The van der Waals surface area contributed by atoms with Gasteiger partial charge in [0, 0.05) is 4.47 Å². The third kappa shape index (κ3) is 4.34. The highest BCUT2D eigenvalue weighted by atomic mass is 79.9. The van der Waals surface area contributed by atoms with Crippen LogP contribution in [0.2, 0.25) is 0 Å². The summed E-state index contributed by atoms with van der Waals surface area (Å²) in [4.78, 5) is 12.5. The molecule has 2 aromatic rings. The molecule has 0 saturated carbocycles. The summed E-state index contributed by atoms with van der Waals surface area (Å²) in [5, 5.41) is 0. The maximum atomic E-state index is 12.5. The molecule has 0 spiro atoms. The Kier molecular flexibility index (Phi) is 5.24. The lowest BCUT2D eigenvalue weighted by Crippen LogP contribution is -2.14. The number of halogens is 1. The molecule has 0 aliphatic rings. The molecule has 22 heavy (non-hydrogen) atoms. The van der Waals surface area contributed by atoms with E-state index in [2.05, 4.69) is 15.9 Å². The lowest BCUT2D eigenvalue weighted by atomic mass is 10.1. The number of esters is 1. The van der Waals surface area contributed by atoms with Crippen molar-refractivity contribution in [2.75, 3.05) is 0 Å². The van der Waals surface area contributed by atoms with Gasteiger partial charge < -0.3 is 9.47 Å². The maximum absolute atomic E-state index is 12.5. The van der Waals surface area contributed by atoms with E-state index in [-0.39, 0.29) is 6.10 Å². The van der Waals surface area contributed by atoms with Crippen molar-refractivity contribution >= 4 is 21.9 Å². The summed E-state index contributed by atoms with van der Waals surface area (Å²) in [5.74, 6) is 0.632. The van der Waals surface area contributed by atoms with E-state index in [0.717, 1.165) is 15.6 Å². The largest absolute Gasteiger partial charge is 0.490 e. The summed E-state index contributed by atoms with van der Waals surface area (Å²) in [6.07, 6.45) is -0.0195. The molecule has 0 heterocycles. The molecule has 3 nitrogen and oxygen atoms in total. The van der Waals surface area contributed by atoms with Gasteiger partial charge in [0.1, 0.15) is 17.1 Å². The van der Waals surface area contributed by atoms with Crippen molar-refractivity contribution in [2.45, 2.75) is 33.8 Å². The van der Waals surface area contributed by atoms with Gasteiger partial charge in [-0.3, -0.25) is 0 Å². The lowest BCUT2D eigenvalue weighted by Gasteiger charge is -2.14. The number of hydrogen-bond donors (Lipinski definition) is 0. The molecule has 2 aromatic carbocycles. The predicted octanol–water partition coefficient (Wildman–Crippen LogP) is 5.07. The van der Waals surface area contributed by atoms with Crippen molar-refractivity contribution in [1.29, 1.82) is 0 Å². The van der Waals surface area contributed by atoms with Crippen LogP contribution in [-0.4, -0.2) is 12.1 Å². The third-order valence-electron chi connectivity index (χ3n) is 2.93. The van der Waals surface area contributed by atoms with Crippen molar-refractivity contribution in [1.82, 2.24) is 0 Å². The minimum absolute atomic E-state index is 0.0195. The maximum Gasteiger partial charge on any atom is 0.347 e. The van der Waals surface area contributed by atoms with Gasteiger partial charge in [-0.05, 0) is 69.2 Å². The van der Waals surface area contributed by atoms with Gasteiger partial charge in [0.15, 0.2) is 0 Å². The van der Waals surface area contributed by atoms with Gasteiger partial charge in [-0.25, -0.2) is 4.79 Å². The quantitative estimate of drug-likeness (QED) is 0.562. The molecule has 0 aliphatic heterocycles. The van der Waals surface area contributed by atoms with Gasteiger partial charge in [-0.15, -0.1) is 0 Å². The monoisotopic (exact) mass is 362 g/mol. The molecule has 0 N–H and O–H groups in total. The van der Waals surface area contributed by atoms with Crippen LogP contribution >= 0.6 is 15.9 Å². The van der Waals surface area contributed by atoms with Gasteiger partial charge in [-0.1, -0.05) is 22.0 Å². The molecule has 0 bridgehead atoms. The van der Waals surface area contributed by atoms with E-state index in [9.17, 15) is 4.79 Å². The van der Waals surface area contributed by atoms with Crippen LogP contribution in [0.4, 0.5) is 0 Å². The summed E-state index contributed by atoms with van der Waals surface area (Å²) in [5.41, 5.74) is 2.51. The minimum Gasteiger partial charge on any atom is -0.490 e. The summed E-state index contributed by atoms with van der Waals surface area (Å²) in [7, 11) is 0. The first-order chi connectivity index (χ1) is 10.3. The number of carbonyl (C=O) groups excluding carboxylic acids is 1. The standard InChI is InChI=1S/C18H19BrO3/c1-11(2)21-17-6-5-14(19)10-16(17)18(20)22-15-8-12(3)7-13(4)9-15/h5-11H,1-4H3. The van der Waals surface area contributed by atoms with Crippen LogP contribution in [0.5, 0.6) is 11.5 Å². The second-order valence-electron chi connectivity index (χ2n) is 5.52. The number of benzene rings is 2. The Morgan fingerprint density at radius 3 is 2.27 bits per heavy atom. The topological polar surface area (TPSA) is 35.5 Å². The van der Waals surface area contributed by atoms with E-state index in [0.29, 0.717) is 17.1 Å². The highest BCUT2D eigenvalue weighted by Crippen LogP contribution is 2.26. The molecule has 0 atom stereocenters. The first kappa shape index (κ1) is 16.6. The van der Waals surface area contributed by atoms with E-state index < -0.39 is 5.97 Å². The van der Waals surface area contributed by atoms with E-state index in [1.165, 1.54) is 0 Å². The Morgan fingerprint density at radius 1 is 1.05 bits per heavy atom. The smallest absolute Gasteiger partial charge is 0.347 e. The van der Waals surface area contributed by atoms with Gasteiger partial charge in [-0.2, -0.15) is 0 Å². The highest BCUT2D eigenvalue weighted by molar-refractivity contribution is 9.10. The van der Waals surface area contributed by atoms with E-state index in [1.54, 1.807) is 12.1 Å². The highest BCUT2D eigenvalue weighted by Gasteiger charge is 2.17. The van der Waals surface area contributed by atoms with Gasteiger partial charge in [0.05, 0.1) is 6.10 Å². The number of ether oxygens (including phenoxy) is 2. The molecular weight excluding hydrogens is 344 g/mol. The van der Waals surface area contributed by atoms with Crippen LogP contribution in [0.3, 0.4) is 0 Å². The predicted molar refractivity (Wildman–Crippen MR) is 90.8 cm³/mol. The molecule has 0 fully saturated rings. The first-order valence-corrected chi connectivity index (χ1v) is 7.91. The fourth-order valence-corrected chi connectivity index (χ4v) is 2.53. The van der Waals surface area contributed by atoms with Crippen LogP contribution < -0.4 is 9.47 Å². The van der Waals surface area contributed by atoms with Crippen molar-refractivity contribution in [3.63, 3.8) is 0 Å². The zero-order chi connectivity index (χ0) is 16.3. The third-order valence-corrected chi connectivity index (χ3v) is 3.42. The first-order valence-electron chi connectivity index (χ1n) is 7.12. The van der Waals surface area contributed by atoms with Crippen molar-refractivity contribution in [2.24, 2.45) is 0 Å². The Morgan fingerprint density at radius 2 is 1.68 bits per heavy atom. The molecule has 0 aromatic heterocycles. The van der Waals surface area contributed by atoms with E-state index >= 15 is 0 Å². The molecular formula is C18H19BrO3. The van der Waals surface area contributed by atoms with Crippen LogP contribution in [0.15, 0.2) is 40.9 Å². The van der Waals surface area contributed by atoms with Gasteiger partial charge in [0.2, 0.25) is 0 Å². The average molecular weight is 363 g/mol. The molecule has 0 radical (unpaired) electrons. The second kappa shape index (κ2) is 6.97. The number of hydrogen-bond acceptors (Lipinski definition) is 3. The van der Waals surface area contributed by atoms with Crippen LogP contribution in [0, 0.1) is 13.8 Å². The lowest BCUT2D eigenvalue weighted by molar-refractivity contribution is 0.0728. The van der Waals surface area contributed by atoms with Crippen LogP contribution in [-0.2, 0) is 0 Å². The zero-order valence-corrected chi connectivity index (χ0v) is 14.7. The summed E-state index contributed by atoms with van der Waals surface area (Å²) in [6.45, 7) is 7.77. The Balaban J connectivity index is 2.30. The molecule has 0 amide bonds. The second-order valence-corrected chi connectivity index (χ2v) is 6.44. The fraction of sp³-hybridized carbons (Fsp3) is 0.278. The minimum atomic E-state index is -0.429. The number of aryl methyl sites for hydroxylation is 2. The summed E-state index contributed by atoms with van der Waals surface area (Å²) < 4.78 is 12.0. The molecule has 116 valence electrons. The van der Waals surface area contributed by atoms with Crippen LogP contribution in [0.1, 0.15) is 35.3 Å². The van der Waals surface area contributed by atoms with Crippen molar-refractivity contribution in [3.8, 4) is 11.5 Å². The van der Waals surface area contributed by atoms with Crippen molar-refractivity contribution in [3.05, 3.63) is 57.6 Å². The van der Waals surface area contributed by atoms with Crippen LogP contribution in [0.25, 0.3) is 0 Å². The SMILES string of the molecule is Cc1cc(C)cc(OC(=O)c2cc(Br)ccc2OC(C)C)c1. The molecule has 0 saturated heterocycles. The molecule has 4 heteroatoms. The Hall–Kier alpha value is -1.81. The molecule has 2 rings (SSSR count). The van der Waals surface area contributed by atoms with Gasteiger partial charge >= 0.3 is 5.97 Å². The zero-order valence-electron chi connectivity index (χ0n) is 13.1. The van der Waals surface area contributed by atoms with E-state index in [4.69, 9.17) is 9.47 Å². The summed E-state index contributed by atoms with van der Waals surface area (Å²) in [6, 6.07) is 11.0. The van der Waals surface area contributed by atoms with Crippen molar-refractivity contribution < 1.29 is 14.3 Å². The fourth-order valence-electron chi connectivity index (χ4n) is 2.17. The average Bonchev–Trinajstić information content (AvgIpc) is 2.39. The van der Waals surface area contributed by atoms with E-state index in [1.807, 2.05) is 52.0 Å². The normalized spacial score (nSPS) is 10.6. The number of carbonyl (C=O) groups is 1. The van der Waals surface area contributed by atoms with Gasteiger partial charge in [0.25, 0.3) is 0 Å². The molecule has 0 unspecified atom stereocenters. The molecule has 0 aliphatic carbocycles. The Bertz CT molecular complexity index is 672.